The molecule has 10 rings (SSSR count). The van der Waals surface area contributed by atoms with Crippen LogP contribution in [0.3, 0.4) is 0 Å². The SMILES string of the molecule is c1ccc(-c2ccccc2N(c2ccccc2)c2ccc(-c3cccc(N(c4ccccc4)c4cc(-c5cccc6ccccc56)c5ccccc5c4)c3)cc2)cc1. The Morgan fingerprint density at radius 3 is 1.47 bits per heavy atom. The van der Waals surface area contributed by atoms with Gasteiger partial charge < -0.3 is 9.80 Å². The molecule has 0 bridgehead atoms. The molecule has 0 N–H and O–H groups in total. The van der Waals surface area contributed by atoms with Gasteiger partial charge in [0.1, 0.15) is 0 Å². The first-order valence-corrected chi connectivity index (χ1v) is 19.8. The molecule has 10 aromatic carbocycles. The van der Waals surface area contributed by atoms with Gasteiger partial charge >= 0.3 is 0 Å². The minimum atomic E-state index is 1.09. The molecule has 0 unspecified atom stereocenters. The molecule has 0 aliphatic heterocycles. The smallest absolute Gasteiger partial charge is 0.0540 e. The van der Waals surface area contributed by atoms with Gasteiger partial charge in [-0.15, -0.1) is 0 Å². The molecular weight excluding hydrogens is 701 g/mol. The molecule has 58 heavy (non-hydrogen) atoms. The van der Waals surface area contributed by atoms with E-state index in [9.17, 15) is 0 Å². The van der Waals surface area contributed by atoms with Crippen LogP contribution in [0.1, 0.15) is 0 Å². The Kier molecular flexibility index (Phi) is 9.27. The number of para-hydroxylation sites is 3. The summed E-state index contributed by atoms with van der Waals surface area (Å²) in [6.07, 6.45) is 0. The van der Waals surface area contributed by atoms with Crippen LogP contribution in [0.25, 0.3) is 54.9 Å². The third-order valence-corrected chi connectivity index (χ3v) is 11.0. The summed E-state index contributed by atoms with van der Waals surface area (Å²) in [5.41, 5.74) is 13.8. The Labute approximate surface area is 340 Å². The zero-order chi connectivity index (χ0) is 38.7. The van der Waals surface area contributed by atoms with Crippen molar-refractivity contribution in [2.75, 3.05) is 9.80 Å². The van der Waals surface area contributed by atoms with E-state index in [1.54, 1.807) is 0 Å². The van der Waals surface area contributed by atoms with E-state index in [4.69, 9.17) is 0 Å². The Morgan fingerprint density at radius 2 is 0.724 bits per heavy atom. The number of anilines is 6. The van der Waals surface area contributed by atoms with Crippen molar-refractivity contribution in [2.45, 2.75) is 0 Å². The fraction of sp³-hybridized carbons (Fsp3) is 0. The number of fused-ring (bicyclic) bond motifs is 2. The van der Waals surface area contributed by atoms with E-state index >= 15 is 0 Å². The van der Waals surface area contributed by atoms with Crippen molar-refractivity contribution < 1.29 is 0 Å². The predicted octanol–water partition coefficient (Wildman–Crippen LogP) is 15.9. The van der Waals surface area contributed by atoms with Crippen LogP contribution in [0.4, 0.5) is 34.1 Å². The van der Waals surface area contributed by atoms with Crippen molar-refractivity contribution in [3.8, 4) is 33.4 Å². The first kappa shape index (κ1) is 34.8. The summed E-state index contributed by atoms with van der Waals surface area (Å²) >= 11 is 0. The van der Waals surface area contributed by atoms with Crippen LogP contribution in [-0.2, 0) is 0 Å². The molecule has 0 heterocycles. The Bertz CT molecular complexity index is 2990. The molecule has 2 heteroatoms. The number of hydrogen-bond donors (Lipinski definition) is 0. The summed E-state index contributed by atoms with van der Waals surface area (Å²) in [5.74, 6) is 0. The number of nitrogens with zero attached hydrogens (tertiary/aromatic N) is 2. The lowest BCUT2D eigenvalue weighted by molar-refractivity contribution is 1.28. The van der Waals surface area contributed by atoms with Crippen LogP contribution in [0.15, 0.2) is 243 Å². The number of benzene rings is 10. The summed E-state index contributed by atoms with van der Waals surface area (Å²) < 4.78 is 0. The van der Waals surface area contributed by atoms with Gasteiger partial charge in [0.25, 0.3) is 0 Å². The number of rotatable bonds is 9. The van der Waals surface area contributed by atoms with E-state index in [1.807, 2.05) is 0 Å². The van der Waals surface area contributed by atoms with E-state index in [1.165, 1.54) is 43.8 Å². The maximum Gasteiger partial charge on any atom is 0.0540 e. The van der Waals surface area contributed by atoms with Gasteiger partial charge in [-0.05, 0) is 116 Å². The van der Waals surface area contributed by atoms with Crippen molar-refractivity contribution in [1.29, 1.82) is 0 Å². The molecule has 0 radical (unpaired) electrons. The van der Waals surface area contributed by atoms with Crippen LogP contribution in [0.5, 0.6) is 0 Å². The average molecular weight is 741 g/mol. The third kappa shape index (κ3) is 6.67. The monoisotopic (exact) mass is 740 g/mol. The van der Waals surface area contributed by atoms with Gasteiger partial charge in [0.15, 0.2) is 0 Å². The highest BCUT2D eigenvalue weighted by atomic mass is 15.1. The lowest BCUT2D eigenvalue weighted by atomic mass is 9.93. The molecule has 274 valence electrons. The molecule has 0 fully saturated rings. The average Bonchev–Trinajstić information content (AvgIpc) is 3.30. The third-order valence-electron chi connectivity index (χ3n) is 11.0. The summed E-state index contributed by atoms with van der Waals surface area (Å²) in [6, 6.07) is 87.3. The van der Waals surface area contributed by atoms with Gasteiger partial charge in [0.05, 0.1) is 5.69 Å². The van der Waals surface area contributed by atoms with Gasteiger partial charge in [-0.25, -0.2) is 0 Å². The lowest BCUT2D eigenvalue weighted by Crippen LogP contribution is -2.11. The first-order valence-electron chi connectivity index (χ1n) is 19.8. The maximum absolute atomic E-state index is 2.39. The number of hydrogen-bond acceptors (Lipinski definition) is 2. The topological polar surface area (TPSA) is 6.48 Å². The van der Waals surface area contributed by atoms with Gasteiger partial charge in [0.2, 0.25) is 0 Å². The molecule has 0 atom stereocenters. The van der Waals surface area contributed by atoms with Crippen molar-refractivity contribution in [2.24, 2.45) is 0 Å². The summed E-state index contributed by atoms with van der Waals surface area (Å²) in [5, 5.41) is 4.92. The van der Waals surface area contributed by atoms with Crippen molar-refractivity contribution in [3.05, 3.63) is 243 Å². The van der Waals surface area contributed by atoms with Crippen molar-refractivity contribution in [3.63, 3.8) is 0 Å². The summed E-state index contributed by atoms with van der Waals surface area (Å²) in [4.78, 5) is 4.74. The van der Waals surface area contributed by atoms with Gasteiger partial charge in [0, 0.05) is 34.0 Å². The van der Waals surface area contributed by atoms with Gasteiger partial charge in [-0.3, -0.25) is 0 Å². The van der Waals surface area contributed by atoms with Gasteiger partial charge in [-0.2, -0.15) is 0 Å². The van der Waals surface area contributed by atoms with Crippen LogP contribution in [0, 0.1) is 0 Å². The predicted molar refractivity (Wildman–Crippen MR) is 247 cm³/mol. The van der Waals surface area contributed by atoms with Crippen LogP contribution >= 0.6 is 0 Å². The summed E-state index contributed by atoms with van der Waals surface area (Å²) in [6.45, 7) is 0. The van der Waals surface area contributed by atoms with E-state index in [2.05, 4.69) is 252 Å². The molecule has 0 spiro atoms. The maximum atomic E-state index is 2.39. The highest BCUT2D eigenvalue weighted by Crippen LogP contribution is 2.44. The van der Waals surface area contributed by atoms with Crippen LogP contribution in [0.2, 0.25) is 0 Å². The van der Waals surface area contributed by atoms with E-state index in [-0.39, 0.29) is 0 Å². The molecule has 0 aliphatic carbocycles. The van der Waals surface area contributed by atoms with Crippen molar-refractivity contribution >= 4 is 55.7 Å². The largest absolute Gasteiger partial charge is 0.310 e. The quantitative estimate of drug-likeness (QED) is 0.145. The van der Waals surface area contributed by atoms with E-state index < -0.39 is 0 Å². The molecule has 0 saturated carbocycles. The molecule has 0 amide bonds. The lowest BCUT2D eigenvalue weighted by Gasteiger charge is -2.28. The Morgan fingerprint density at radius 1 is 0.224 bits per heavy atom. The summed E-state index contributed by atoms with van der Waals surface area (Å²) in [7, 11) is 0. The van der Waals surface area contributed by atoms with E-state index in [0.29, 0.717) is 0 Å². The van der Waals surface area contributed by atoms with Crippen molar-refractivity contribution in [1.82, 2.24) is 0 Å². The molecule has 0 aliphatic rings. The molecule has 2 nitrogen and oxygen atoms in total. The second kappa shape index (κ2) is 15.5. The Hall–Kier alpha value is -7.68. The molecule has 10 aromatic rings. The molecular formula is C56H40N2. The standard InChI is InChI=1S/C56H40N2/c1-4-18-43(19-5-1)53-31-14-15-33-56(53)58(47-26-8-3-9-27-47)48-36-34-41(35-37-48)44-23-16-28-49(38-44)57(46-24-6-2-7-25-46)50-39-45-21-11-13-30-52(45)55(40-50)54-32-17-22-42-20-10-12-29-51(42)54/h1-40H. The van der Waals surface area contributed by atoms with Gasteiger partial charge in [-0.1, -0.05) is 176 Å². The van der Waals surface area contributed by atoms with Crippen LogP contribution in [-0.4, -0.2) is 0 Å². The second-order valence-corrected chi connectivity index (χ2v) is 14.6. The zero-order valence-corrected chi connectivity index (χ0v) is 32.0. The van der Waals surface area contributed by atoms with Crippen LogP contribution < -0.4 is 9.80 Å². The highest BCUT2D eigenvalue weighted by Gasteiger charge is 2.19. The Balaban J connectivity index is 1.07. The highest BCUT2D eigenvalue weighted by molar-refractivity contribution is 6.07. The minimum absolute atomic E-state index is 1.09. The molecule has 0 saturated heterocycles. The van der Waals surface area contributed by atoms with E-state index in [0.717, 1.165) is 45.3 Å². The molecule has 0 aromatic heterocycles. The zero-order valence-electron chi connectivity index (χ0n) is 32.0. The normalized spacial score (nSPS) is 11.1. The fourth-order valence-electron chi connectivity index (χ4n) is 8.29. The first-order chi connectivity index (χ1) is 28.8. The second-order valence-electron chi connectivity index (χ2n) is 14.6. The minimum Gasteiger partial charge on any atom is -0.310 e. The fourth-order valence-corrected chi connectivity index (χ4v) is 8.29.